The van der Waals surface area contributed by atoms with E-state index in [0.29, 0.717) is 0 Å². The molecule has 0 bridgehead atoms. The number of rotatable bonds is 1. The minimum absolute atomic E-state index is 0.0725. The lowest BCUT2D eigenvalue weighted by Gasteiger charge is -2.17. The number of likely N-dealkylation sites (tertiary alicyclic amines) is 1. The molecule has 0 aromatic heterocycles. The zero-order valence-corrected chi connectivity index (χ0v) is 11.2. The average Bonchev–Trinajstić information content (AvgIpc) is 2.65. The summed E-state index contributed by atoms with van der Waals surface area (Å²) in [7, 11) is 0. The molecule has 1 aromatic carbocycles. The molecule has 0 unspecified atom stereocenters. The molecule has 0 aliphatic carbocycles. The fourth-order valence-corrected chi connectivity index (χ4v) is 2.24. The molecule has 1 fully saturated rings. The Morgan fingerprint density at radius 2 is 2.00 bits per heavy atom. The van der Waals surface area contributed by atoms with Crippen LogP contribution < -0.4 is 0 Å². The number of carbonyl (C=O) groups is 1. The minimum atomic E-state index is -2.98. The highest BCUT2D eigenvalue weighted by Gasteiger charge is 2.41. The Kier molecular flexibility index (Phi) is 3.52. The maximum Gasteiger partial charge on any atom is 0.267 e. The Labute approximate surface area is 114 Å². The first-order valence-electron chi connectivity index (χ1n) is 5.12. The van der Waals surface area contributed by atoms with Gasteiger partial charge in [0.05, 0.1) is 6.54 Å². The summed E-state index contributed by atoms with van der Waals surface area (Å²) in [5.41, 5.74) is -0.764. The summed E-state index contributed by atoms with van der Waals surface area (Å²) in [6.45, 7) is -0.994. The third kappa shape index (κ3) is 2.45. The van der Waals surface area contributed by atoms with Gasteiger partial charge in [0.15, 0.2) is 5.82 Å². The van der Waals surface area contributed by atoms with Crippen molar-refractivity contribution in [1.82, 2.24) is 4.90 Å². The number of hydrogen-bond acceptors (Lipinski definition) is 1. The first-order chi connectivity index (χ1) is 8.32. The molecule has 7 heteroatoms. The predicted octanol–water partition coefficient (Wildman–Crippen LogP) is 3.05. The molecule has 0 N–H and O–H groups in total. The topological polar surface area (TPSA) is 20.3 Å². The van der Waals surface area contributed by atoms with Gasteiger partial charge >= 0.3 is 0 Å². The summed E-state index contributed by atoms with van der Waals surface area (Å²) in [6.07, 6.45) is -0.480. The van der Waals surface area contributed by atoms with Crippen molar-refractivity contribution in [3.8, 4) is 0 Å². The van der Waals surface area contributed by atoms with Crippen LogP contribution in [-0.2, 0) is 0 Å². The number of nitrogens with zero attached hydrogens (tertiary/aromatic N) is 1. The van der Waals surface area contributed by atoms with Crippen LogP contribution in [0, 0.1) is 15.2 Å². The minimum Gasteiger partial charge on any atom is -0.332 e. The molecule has 1 aliphatic rings. The van der Waals surface area contributed by atoms with Crippen LogP contribution in [0.5, 0.6) is 0 Å². The van der Waals surface area contributed by atoms with Gasteiger partial charge in [0.2, 0.25) is 0 Å². The van der Waals surface area contributed by atoms with Gasteiger partial charge in [-0.3, -0.25) is 4.79 Å². The van der Waals surface area contributed by atoms with Gasteiger partial charge in [0, 0.05) is 16.5 Å². The van der Waals surface area contributed by atoms with E-state index in [-0.39, 0.29) is 10.1 Å². The first-order valence-corrected chi connectivity index (χ1v) is 6.20. The third-order valence-corrected chi connectivity index (χ3v) is 3.55. The molecule has 0 atom stereocenters. The van der Waals surface area contributed by atoms with Gasteiger partial charge in [-0.2, -0.15) is 0 Å². The van der Waals surface area contributed by atoms with Crippen molar-refractivity contribution in [3.05, 3.63) is 32.9 Å². The summed E-state index contributed by atoms with van der Waals surface area (Å²) >= 11 is 1.61. The van der Waals surface area contributed by atoms with E-state index < -0.39 is 42.0 Å². The highest BCUT2D eigenvalue weighted by Crippen LogP contribution is 2.29. The molecule has 2 nitrogen and oxygen atoms in total. The number of alkyl halides is 2. The van der Waals surface area contributed by atoms with Crippen molar-refractivity contribution in [2.24, 2.45) is 0 Å². The van der Waals surface area contributed by atoms with Gasteiger partial charge in [0.25, 0.3) is 11.8 Å². The Morgan fingerprint density at radius 3 is 2.56 bits per heavy atom. The fraction of sp³-hybridized carbons (Fsp3) is 0.364. The molecule has 18 heavy (non-hydrogen) atoms. The van der Waals surface area contributed by atoms with Gasteiger partial charge in [-0.1, -0.05) is 0 Å². The molecule has 1 aliphatic heterocycles. The van der Waals surface area contributed by atoms with Crippen molar-refractivity contribution < 1.29 is 22.4 Å². The van der Waals surface area contributed by atoms with Crippen molar-refractivity contribution in [2.75, 3.05) is 13.1 Å². The van der Waals surface area contributed by atoms with Gasteiger partial charge in [-0.15, -0.1) is 0 Å². The zero-order valence-electron chi connectivity index (χ0n) is 9.02. The second-order valence-corrected chi connectivity index (χ2v) is 5.21. The van der Waals surface area contributed by atoms with Gasteiger partial charge < -0.3 is 4.90 Å². The van der Waals surface area contributed by atoms with Crippen LogP contribution in [0.2, 0.25) is 0 Å². The fourth-order valence-electron chi connectivity index (χ4n) is 1.79. The van der Waals surface area contributed by atoms with Crippen LogP contribution in [-0.4, -0.2) is 29.8 Å². The third-order valence-electron chi connectivity index (χ3n) is 2.71. The highest BCUT2D eigenvalue weighted by molar-refractivity contribution is 14.1. The molecule has 98 valence electrons. The molecule has 1 amide bonds. The SMILES string of the molecule is O=C(c1c(F)ccc(I)c1F)N1CCC(F)(F)C1. The number of amides is 1. The van der Waals surface area contributed by atoms with Crippen molar-refractivity contribution in [3.63, 3.8) is 0 Å². The molecular weight excluding hydrogens is 365 g/mol. The summed E-state index contributed by atoms with van der Waals surface area (Å²) in [4.78, 5) is 12.6. The van der Waals surface area contributed by atoms with Crippen molar-refractivity contribution >= 4 is 28.5 Å². The number of carbonyl (C=O) groups excluding carboxylic acids is 1. The van der Waals surface area contributed by atoms with E-state index in [0.717, 1.165) is 11.0 Å². The van der Waals surface area contributed by atoms with Crippen LogP contribution >= 0.6 is 22.6 Å². The zero-order chi connectivity index (χ0) is 13.5. The average molecular weight is 373 g/mol. The van der Waals surface area contributed by atoms with E-state index in [9.17, 15) is 22.4 Å². The Morgan fingerprint density at radius 1 is 1.33 bits per heavy atom. The van der Waals surface area contributed by atoms with Crippen LogP contribution in [0.15, 0.2) is 12.1 Å². The molecule has 0 radical (unpaired) electrons. The maximum atomic E-state index is 13.7. The first kappa shape index (κ1) is 13.6. The summed E-state index contributed by atoms with van der Waals surface area (Å²) < 4.78 is 53.1. The van der Waals surface area contributed by atoms with E-state index in [1.165, 1.54) is 6.07 Å². The predicted molar refractivity (Wildman–Crippen MR) is 64.5 cm³/mol. The maximum absolute atomic E-state index is 13.7. The summed E-state index contributed by atoms with van der Waals surface area (Å²) in [5, 5.41) is 0. The molecule has 1 saturated heterocycles. The van der Waals surface area contributed by atoms with E-state index in [1.54, 1.807) is 22.6 Å². The van der Waals surface area contributed by atoms with Crippen molar-refractivity contribution in [2.45, 2.75) is 12.3 Å². The number of benzene rings is 1. The van der Waals surface area contributed by atoms with Crippen LogP contribution in [0.3, 0.4) is 0 Å². The second-order valence-electron chi connectivity index (χ2n) is 4.05. The quantitative estimate of drug-likeness (QED) is 0.421. The smallest absolute Gasteiger partial charge is 0.267 e. The molecule has 0 spiro atoms. The van der Waals surface area contributed by atoms with E-state index in [4.69, 9.17) is 0 Å². The van der Waals surface area contributed by atoms with Gasteiger partial charge in [-0.05, 0) is 34.7 Å². The molecule has 1 heterocycles. The lowest BCUT2D eigenvalue weighted by atomic mass is 10.1. The lowest BCUT2D eigenvalue weighted by Crippen LogP contribution is -2.32. The van der Waals surface area contributed by atoms with Gasteiger partial charge in [0.1, 0.15) is 11.4 Å². The Balaban J connectivity index is 2.33. The molecular formula is C11H8F4INO. The van der Waals surface area contributed by atoms with Gasteiger partial charge in [-0.25, -0.2) is 17.6 Å². The summed E-state index contributed by atoms with van der Waals surface area (Å²) in [6, 6.07) is 2.13. The Hall–Kier alpha value is -0.860. The second kappa shape index (κ2) is 4.67. The van der Waals surface area contributed by atoms with E-state index in [1.807, 2.05) is 0 Å². The van der Waals surface area contributed by atoms with Crippen LogP contribution in [0.25, 0.3) is 0 Å². The normalized spacial score (nSPS) is 18.2. The van der Waals surface area contributed by atoms with E-state index in [2.05, 4.69) is 0 Å². The molecule has 0 saturated carbocycles. The van der Waals surface area contributed by atoms with E-state index >= 15 is 0 Å². The van der Waals surface area contributed by atoms with Crippen molar-refractivity contribution in [1.29, 1.82) is 0 Å². The van der Waals surface area contributed by atoms with Crippen LogP contribution in [0.1, 0.15) is 16.8 Å². The molecule has 2 rings (SSSR count). The largest absolute Gasteiger partial charge is 0.332 e. The monoisotopic (exact) mass is 373 g/mol. The Bertz CT molecular complexity index is 506. The van der Waals surface area contributed by atoms with Crippen LogP contribution in [0.4, 0.5) is 17.6 Å². The summed E-state index contributed by atoms with van der Waals surface area (Å²) in [5.74, 6) is -6.05. The number of hydrogen-bond donors (Lipinski definition) is 0. The number of halogens is 5. The highest BCUT2D eigenvalue weighted by atomic mass is 127. The molecule has 1 aromatic rings. The lowest BCUT2D eigenvalue weighted by molar-refractivity contribution is 0.0118. The standard InChI is InChI=1S/C11H8F4INO/c12-6-1-2-7(16)9(13)8(6)10(18)17-4-3-11(14,15)5-17/h1-2H,3-5H2.